The van der Waals surface area contributed by atoms with Crippen molar-refractivity contribution in [3.05, 3.63) is 45.3 Å². The summed E-state index contributed by atoms with van der Waals surface area (Å²) >= 11 is 5.13. The van der Waals surface area contributed by atoms with E-state index < -0.39 is 0 Å². The molecule has 0 aliphatic carbocycles. The van der Waals surface area contributed by atoms with Crippen molar-refractivity contribution in [3.63, 3.8) is 0 Å². The van der Waals surface area contributed by atoms with E-state index in [0.717, 1.165) is 20.0 Å². The standard InChI is InChI=1S/C14H11IN4OS2/c15-9-3-5-10(6-4-9)16-12(20)8-22-14-17-13(18-19-14)11-2-1-7-21-11/h1-7H,8H2,(H,16,20)(H,17,18,19). The van der Waals surface area contributed by atoms with Crippen molar-refractivity contribution in [2.45, 2.75) is 5.16 Å². The summed E-state index contributed by atoms with van der Waals surface area (Å²) in [5, 5.41) is 12.4. The maximum atomic E-state index is 11.9. The molecule has 0 fully saturated rings. The fraction of sp³-hybridized carbons (Fsp3) is 0.0714. The summed E-state index contributed by atoms with van der Waals surface area (Å²) in [5.74, 6) is 0.928. The summed E-state index contributed by atoms with van der Waals surface area (Å²) in [6, 6.07) is 11.6. The van der Waals surface area contributed by atoms with Gasteiger partial charge in [0.15, 0.2) is 5.82 Å². The minimum atomic E-state index is -0.0753. The molecule has 0 saturated heterocycles. The number of aromatic amines is 1. The number of thioether (sulfide) groups is 1. The van der Waals surface area contributed by atoms with Gasteiger partial charge in [-0.25, -0.2) is 4.98 Å². The fourth-order valence-corrected chi connectivity index (χ4v) is 3.32. The van der Waals surface area contributed by atoms with Gasteiger partial charge >= 0.3 is 0 Å². The van der Waals surface area contributed by atoms with Crippen LogP contribution >= 0.6 is 45.7 Å². The Labute approximate surface area is 149 Å². The Hall–Kier alpha value is -1.39. The largest absolute Gasteiger partial charge is 0.325 e. The van der Waals surface area contributed by atoms with Crippen LogP contribution < -0.4 is 5.32 Å². The van der Waals surface area contributed by atoms with Gasteiger partial charge in [-0.3, -0.25) is 9.89 Å². The van der Waals surface area contributed by atoms with Crippen LogP contribution in [-0.4, -0.2) is 26.8 Å². The van der Waals surface area contributed by atoms with E-state index >= 15 is 0 Å². The van der Waals surface area contributed by atoms with E-state index in [0.29, 0.717) is 5.16 Å². The predicted octanol–water partition coefficient (Wildman–Crippen LogP) is 3.87. The Morgan fingerprint density at radius 3 is 2.86 bits per heavy atom. The highest BCUT2D eigenvalue weighted by Crippen LogP contribution is 2.23. The van der Waals surface area contributed by atoms with Gasteiger partial charge in [-0.2, -0.15) is 0 Å². The average molecular weight is 442 g/mol. The van der Waals surface area contributed by atoms with Crippen LogP contribution in [0.3, 0.4) is 0 Å². The second kappa shape index (κ2) is 7.25. The maximum Gasteiger partial charge on any atom is 0.234 e. The zero-order valence-electron chi connectivity index (χ0n) is 11.2. The molecule has 3 rings (SSSR count). The molecule has 0 atom stereocenters. The molecule has 0 aliphatic rings. The normalized spacial score (nSPS) is 10.6. The molecule has 2 aromatic heterocycles. The number of aromatic nitrogens is 3. The molecule has 1 aromatic carbocycles. The van der Waals surface area contributed by atoms with E-state index in [1.54, 1.807) is 11.3 Å². The number of hydrogen-bond donors (Lipinski definition) is 2. The SMILES string of the molecule is O=C(CSc1n[nH]c(-c2cccs2)n1)Nc1ccc(I)cc1. The number of benzene rings is 1. The smallest absolute Gasteiger partial charge is 0.234 e. The number of thiophene rings is 1. The molecule has 1 amide bonds. The molecule has 2 heterocycles. The van der Waals surface area contributed by atoms with Crippen LogP contribution in [0.25, 0.3) is 10.7 Å². The number of anilines is 1. The van der Waals surface area contributed by atoms with Crippen LogP contribution in [0.1, 0.15) is 0 Å². The van der Waals surface area contributed by atoms with Gasteiger partial charge in [-0.15, -0.1) is 16.4 Å². The van der Waals surface area contributed by atoms with Gasteiger partial charge in [0.25, 0.3) is 0 Å². The second-order valence-electron chi connectivity index (χ2n) is 4.29. The number of H-pyrrole nitrogens is 1. The van der Waals surface area contributed by atoms with Crippen LogP contribution in [0.15, 0.2) is 46.9 Å². The third kappa shape index (κ3) is 4.08. The number of amides is 1. The van der Waals surface area contributed by atoms with Gasteiger partial charge in [-0.05, 0) is 58.3 Å². The first kappa shape index (κ1) is 15.5. The van der Waals surface area contributed by atoms with Crippen LogP contribution in [0, 0.1) is 3.57 Å². The van der Waals surface area contributed by atoms with E-state index in [1.807, 2.05) is 41.8 Å². The molecule has 112 valence electrons. The second-order valence-corrected chi connectivity index (χ2v) is 7.42. The van der Waals surface area contributed by atoms with Gasteiger partial charge in [0.05, 0.1) is 10.6 Å². The third-order valence-corrected chi connectivity index (χ3v) is 5.12. The lowest BCUT2D eigenvalue weighted by Gasteiger charge is -2.03. The molecule has 5 nitrogen and oxygen atoms in total. The monoisotopic (exact) mass is 442 g/mol. The lowest BCUT2D eigenvalue weighted by atomic mass is 10.3. The van der Waals surface area contributed by atoms with E-state index in [2.05, 4.69) is 43.1 Å². The number of halogens is 1. The highest BCUT2D eigenvalue weighted by atomic mass is 127. The van der Waals surface area contributed by atoms with Crippen LogP contribution in [-0.2, 0) is 4.79 Å². The first-order valence-electron chi connectivity index (χ1n) is 6.35. The third-order valence-electron chi connectivity index (χ3n) is 2.68. The fourth-order valence-electron chi connectivity index (χ4n) is 1.69. The lowest BCUT2D eigenvalue weighted by molar-refractivity contribution is -0.113. The van der Waals surface area contributed by atoms with Crippen molar-refractivity contribution in [3.8, 4) is 10.7 Å². The molecular formula is C14H11IN4OS2. The lowest BCUT2D eigenvalue weighted by Crippen LogP contribution is -2.14. The van der Waals surface area contributed by atoms with E-state index in [1.165, 1.54) is 11.8 Å². The van der Waals surface area contributed by atoms with Crippen molar-refractivity contribution in [2.75, 3.05) is 11.1 Å². The summed E-state index contributed by atoms with van der Waals surface area (Å²) in [6.45, 7) is 0. The summed E-state index contributed by atoms with van der Waals surface area (Å²) in [7, 11) is 0. The Morgan fingerprint density at radius 1 is 1.32 bits per heavy atom. The van der Waals surface area contributed by atoms with Gasteiger partial charge in [0.1, 0.15) is 0 Å². The molecule has 22 heavy (non-hydrogen) atoms. The number of nitrogens with zero attached hydrogens (tertiary/aromatic N) is 2. The number of carbonyl (C=O) groups is 1. The maximum absolute atomic E-state index is 11.9. The highest BCUT2D eigenvalue weighted by molar-refractivity contribution is 14.1. The van der Waals surface area contributed by atoms with Crippen molar-refractivity contribution in [1.29, 1.82) is 0 Å². The minimum absolute atomic E-state index is 0.0753. The van der Waals surface area contributed by atoms with Gasteiger partial charge < -0.3 is 5.32 Å². The quantitative estimate of drug-likeness (QED) is 0.465. The van der Waals surface area contributed by atoms with Crippen LogP contribution in [0.2, 0.25) is 0 Å². The molecule has 0 radical (unpaired) electrons. The average Bonchev–Trinajstić information content (AvgIpc) is 3.18. The van der Waals surface area contributed by atoms with E-state index in [4.69, 9.17) is 0 Å². The zero-order valence-corrected chi connectivity index (χ0v) is 15.0. The molecule has 0 aliphatic heterocycles. The van der Waals surface area contributed by atoms with Gasteiger partial charge in [0.2, 0.25) is 11.1 Å². The Morgan fingerprint density at radius 2 is 2.14 bits per heavy atom. The molecule has 0 unspecified atom stereocenters. The highest BCUT2D eigenvalue weighted by Gasteiger charge is 2.09. The molecule has 0 saturated carbocycles. The molecule has 2 N–H and O–H groups in total. The van der Waals surface area contributed by atoms with Crippen molar-refractivity contribution < 1.29 is 4.79 Å². The van der Waals surface area contributed by atoms with Crippen molar-refractivity contribution in [2.24, 2.45) is 0 Å². The predicted molar refractivity (Wildman–Crippen MR) is 98.2 cm³/mol. The van der Waals surface area contributed by atoms with Crippen molar-refractivity contribution in [1.82, 2.24) is 15.2 Å². The van der Waals surface area contributed by atoms with E-state index in [9.17, 15) is 4.79 Å². The Kier molecular flexibility index (Phi) is 5.11. The number of rotatable bonds is 5. The molecular weight excluding hydrogens is 431 g/mol. The summed E-state index contributed by atoms with van der Waals surface area (Å²) < 4.78 is 1.13. The van der Waals surface area contributed by atoms with E-state index in [-0.39, 0.29) is 11.7 Å². The summed E-state index contributed by atoms with van der Waals surface area (Å²) in [4.78, 5) is 17.3. The Balaban J connectivity index is 1.54. The molecule has 3 aromatic rings. The number of carbonyl (C=O) groups excluding carboxylic acids is 1. The first-order chi connectivity index (χ1) is 10.7. The van der Waals surface area contributed by atoms with Crippen LogP contribution in [0.4, 0.5) is 5.69 Å². The molecule has 8 heteroatoms. The minimum Gasteiger partial charge on any atom is -0.325 e. The van der Waals surface area contributed by atoms with Crippen molar-refractivity contribution >= 4 is 57.3 Å². The zero-order chi connectivity index (χ0) is 15.4. The molecule has 0 bridgehead atoms. The molecule has 0 spiro atoms. The number of hydrogen-bond acceptors (Lipinski definition) is 5. The Bertz CT molecular complexity index is 756. The topological polar surface area (TPSA) is 70.7 Å². The van der Waals surface area contributed by atoms with Crippen LogP contribution in [0.5, 0.6) is 0 Å². The van der Waals surface area contributed by atoms with Gasteiger partial charge in [0, 0.05) is 9.26 Å². The van der Waals surface area contributed by atoms with Gasteiger partial charge in [-0.1, -0.05) is 17.8 Å². The first-order valence-corrected chi connectivity index (χ1v) is 9.29. The summed E-state index contributed by atoms with van der Waals surface area (Å²) in [5.41, 5.74) is 0.792. The summed E-state index contributed by atoms with van der Waals surface area (Å²) in [6.07, 6.45) is 0. The number of nitrogens with one attached hydrogen (secondary N) is 2.